The molecule has 1 atom stereocenters. The molecule has 1 aliphatic rings. The van der Waals surface area contributed by atoms with Crippen LogP contribution in [0.1, 0.15) is 52.4 Å². The molecule has 1 fully saturated rings. The molecule has 0 aliphatic carbocycles. The summed E-state index contributed by atoms with van der Waals surface area (Å²) in [5.41, 5.74) is 0. The number of rotatable bonds is 2. The van der Waals surface area contributed by atoms with Crippen LogP contribution in [0.3, 0.4) is 0 Å². The van der Waals surface area contributed by atoms with Gasteiger partial charge >= 0.3 is 0 Å². The standard InChI is InChI=1S/C14H30N2O/c1-3-15-10-6-4-8-12-16(14(2)17)13-9-5-7-11-15/h14,17H,3-13H2,1-2H3. The highest BCUT2D eigenvalue weighted by Gasteiger charge is 2.11. The Hall–Kier alpha value is -0.120. The van der Waals surface area contributed by atoms with Gasteiger partial charge in [-0.15, -0.1) is 0 Å². The van der Waals surface area contributed by atoms with Crippen molar-refractivity contribution in [3.63, 3.8) is 0 Å². The largest absolute Gasteiger partial charge is 0.379 e. The highest BCUT2D eigenvalue weighted by atomic mass is 16.3. The summed E-state index contributed by atoms with van der Waals surface area (Å²) in [5.74, 6) is 0. The van der Waals surface area contributed by atoms with E-state index in [1.54, 1.807) is 0 Å². The van der Waals surface area contributed by atoms with Crippen LogP contribution in [0.25, 0.3) is 0 Å². The van der Waals surface area contributed by atoms with Gasteiger partial charge in [0.05, 0.1) is 0 Å². The van der Waals surface area contributed by atoms with Gasteiger partial charge < -0.3 is 10.0 Å². The monoisotopic (exact) mass is 242 g/mol. The van der Waals surface area contributed by atoms with Crippen LogP contribution in [0.4, 0.5) is 0 Å². The average molecular weight is 242 g/mol. The Morgan fingerprint density at radius 3 is 1.76 bits per heavy atom. The molecule has 1 unspecified atom stereocenters. The fraction of sp³-hybridized carbons (Fsp3) is 1.00. The van der Waals surface area contributed by atoms with Crippen molar-refractivity contribution in [3.05, 3.63) is 0 Å². The maximum atomic E-state index is 9.68. The van der Waals surface area contributed by atoms with Crippen LogP contribution in [0.5, 0.6) is 0 Å². The van der Waals surface area contributed by atoms with Gasteiger partial charge in [0.15, 0.2) is 0 Å². The molecule has 1 N–H and O–H groups in total. The Kier molecular flexibility index (Phi) is 7.82. The van der Waals surface area contributed by atoms with Crippen molar-refractivity contribution in [2.24, 2.45) is 0 Å². The molecule has 0 amide bonds. The van der Waals surface area contributed by atoms with Gasteiger partial charge in [0.1, 0.15) is 6.23 Å². The Labute approximate surface area is 107 Å². The van der Waals surface area contributed by atoms with E-state index in [1.165, 1.54) is 58.2 Å². The lowest BCUT2D eigenvalue weighted by molar-refractivity contribution is 0.0157. The zero-order chi connectivity index (χ0) is 12.5. The quantitative estimate of drug-likeness (QED) is 0.805. The van der Waals surface area contributed by atoms with E-state index in [0.29, 0.717) is 0 Å². The summed E-state index contributed by atoms with van der Waals surface area (Å²) < 4.78 is 0. The Bertz CT molecular complexity index is 171. The van der Waals surface area contributed by atoms with Crippen LogP contribution in [-0.4, -0.2) is 53.9 Å². The van der Waals surface area contributed by atoms with Crippen molar-refractivity contribution in [1.82, 2.24) is 9.80 Å². The fourth-order valence-electron chi connectivity index (χ4n) is 2.57. The highest BCUT2D eigenvalue weighted by Crippen LogP contribution is 2.09. The first-order valence-electron chi connectivity index (χ1n) is 7.38. The lowest BCUT2D eigenvalue weighted by Gasteiger charge is -2.27. The predicted molar refractivity (Wildman–Crippen MR) is 73.1 cm³/mol. The lowest BCUT2D eigenvalue weighted by atomic mass is 10.1. The van der Waals surface area contributed by atoms with Crippen molar-refractivity contribution in [2.75, 3.05) is 32.7 Å². The molecular formula is C14H30N2O. The van der Waals surface area contributed by atoms with E-state index in [1.807, 2.05) is 6.92 Å². The second-order valence-corrected chi connectivity index (χ2v) is 5.22. The maximum absolute atomic E-state index is 9.68. The zero-order valence-electron chi connectivity index (χ0n) is 11.7. The Morgan fingerprint density at radius 2 is 1.35 bits per heavy atom. The molecule has 0 aromatic carbocycles. The van der Waals surface area contributed by atoms with Crippen LogP contribution in [0.2, 0.25) is 0 Å². The topological polar surface area (TPSA) is 26.7 Å². The fourth-order valence-corrected chi connectivity index (χ4v) is 2.57. The minimum absolute atomic E-state index is 0.273. The van der Waals surface area contributed by atoms with E-state index >= 15 is 0 Å². The molecule has 1 rings (SSSR count). The molecule has 0 radical (unpaired) electrons. The van der Waals surface area contributed by atoms with Gasteiger partial charge in [-0.25, -0.2) is 0 Å². The Balaban J connectivity index is 2.33. The van der Waals surface area contributed by atoms with Crippen molar-refractivity contribution in [3.8, 4) is 0 Å². The second-order valence-electron chi connectivity index (χ2n) is 5.22. The van der Waals surface area contributed by atoms with Crippen molar-refractivity contribution in [2.45, 2.75) is 58.6 Å². The molecule has 1 aliphatic heterocycles. The minimum atomic E-state index is -0.273. The van der Waals surface area contributed by atoms with Gasteiger partial charge in [-0.3, -0.25) is 4.90 Å². The van der Waals surface area contributed by atoms with Gasteiger partial charge in [-0.2, -0.15) is 0 Å². The summed E-state index contributed by atoms with van der Waals surface area (Å²) in [6, 6.07) is 0. The summed E-state index contributed by atoms with van der Waals surface area (Å²) in [4.78, 5) is 4.80. The van der Waals surface area contributed by atoms with Gasteiger partial charge in [0.25, 0.3) is 0 Å². The van der Waals surface area contributed by atoms with E-state index in [9.17, 15) is 5.11 Å². The number of nitrogens with zero attached hydrogens (tertiary/aromatic N) is 2. The molecule has 0 bridgehead atoms. The SMILES string of the molecule is CCN1CCCCCN(C(C)O)CCCCC1. The van der Waals surface area contributed by atoms with Crippen LogP contribution in [-0.2, 0) is 0 Å². The first-order valence-corrected chi connectivity index (χ1v) is 7.38. The van der Waals surface area contributed by atoms with Crippen molar-refractivity contribution in [1.29, 1.82) is 0 Å². The van der Waals surface area contributed by atoms with Crippen molar-refractivity contribution >= 4 is 0 Å². The van der Waals surface area contributed by atoms with Gasteiger partial charge in [-0.1, -0.05) is 19.8 Å². The number of aliphatic hydroxyl groups is 1. The van der Waals surface area contributed by atoms with Gasteiger partial charge in [0.2, 0.25) is 0 Å². The van der Waals surface area contributed by atoms with Gasteiger partial charge in [-0.05, 0) is 52.2 Å². The van der Waals surface area contributed by atoms with Crippen LogP contribution in [0, 0.1) is 0 Å². The maximum Gasteiger partial charge on any atom is 0.104 e. The molecule has 0 aromatic rings. The first kappa shape index (κ1) is 14.9. The molecule has 3 nitrogen and oxygen atoms in total. The van der Waals surface area contributed by atoms with Crippen LogP contribution >= 0.6 is 0 Å². The van der Waals surface area contributed by atoms with E-state index in [4.69, 9.17) is 0 Å². The third-order valence-electron chi connectivity index (χ3n) is 3.81. The summed E-state index contributed by atoms with van der Waals surface area (Å²) in [6.07, 6.45) is 7.37. The summed E-state index contributed by atoms with van der Waals surface area (Å²) in [5, 5.41) is 9.68. The molecule has 3 heteroatoms. The normalized spacial score (nSPS) is 24.9. The molecule has 0 spiro atoms. The number of aliphatic hydroxyl groups excluding tert-OH is 1. The third-order valence-corrected chi connectivity index (χ3v) is 3.81. The summed E-state index contributed by atoms with van der Waals surface area (Å²) >= 11 is 0. The van der Waals surface area contributed by atoms with Crippen LogP contribution in [0.15, 0.2) is 0 Å². The van der Waals surface area contributed by atoms with E-state index < -0.39 is 0 Å². The van der Waals surface area contributed by atoms with E-state index in [0.717, 1.165) is 13.1 Å². The first-order chi connectivity index (χ1) is 8.24. The predicted octanol–water partition coefficient (Wildman–Crippen LogP) is 2.30. The van der Waals surface area contributed by atoms with E-state index in [2.05, 4.69) is 16.7 Å². The minimum Gasteiger partial charge on any atom is -0.379 e. The van der Waals surface area contributed by atoms with Gasteiger partial charge in [0, 0.05) is 13.1 Å². The Morgan fingerprint density at radius 1 is 0.882 bits per heavy atom. The summed E-state index contributed by atoms with van der Waals surface area (Å²) in [7, 11) is 0. The molecule has 17 heavy (non-hydrogen) atoms. The zero-order valence-corrected chi connectivity index (χ0v) is 11.7. The smallest absolute Gasteiger partial charge is 0.104 e. The van der Waals surface area contributed by atoms with Crippen molar-refractivity contribution < 1.29 is 5.11 Å². The lowest BCUT2D eigenvalue weighted by Crippen LogP contribution is -2.35. The molecule has 102 valence electrons. The molecule has 0 aromatic heterocycles. The molecular weight excluding hydrogens is 212 g/mol. The van der Waals surface area contributed by atoms with E-state index in [-0.39, 0.29) is 6.23 Å². The molecule has 0 saturated carbocycles. The average Bonchev–Trinajstić information content (AvgIpc) is 2.29. The number of hydrogen-bond acceptors (Lipinski definition) is 3. The second kappa shape index (κ2) is 8.90. The summed E-state index contributed by atoms with van der Waals surface area (Å²) in [6.45, 7) is 9.98. The highest BCUT2D eigenvalue weighted by molar-refractivity contribution is 4.63. The van der Waals surface area contributed by atoms with Crippen LogP contribution < -0.4 is 0 Å². The molecule has 1 saturated heterocycles. The third kappa shape index (κ3) is 6.39. The number of hydrogen-bond donors (Lipinski definition) is 1. The molecule has 1 heterocycles.